The number of benzene rings is 2. The number of rotatable bonds is 5. The van der Waals surface area contributed by atoms with Gasteiger partial charge in [0.1, 0.15) is 5.01 Å². The fraction of sp³-hybridized carbons (Fsp3) is 0.300. The van der Waals surface area contributed by atoms with Crippen LogP contribution in [0.3, 0.4) is 0 Å². The highest BCUT2D eigenvalue weighted by Gasteiger charge is 2.25. The van der Waals surface area contributed by atoms with Crippen molar-refractivity contribution in [3.63, 3.8) is 0 Å². The maximum atomic E-state index is 12.8. The summed E-state index contributed by atoms with van der Waals surface area (Å²) in [6.45, 7) is 6.07. The highest BCUT2D eigenvalue weighted by Crippen LogP contribution is 2.31. The first-order chi connectivity index (χ1) is 12.0. The van der Waals surface area contributed by atoms with Crippen molar-refractivity contribution in [2.75, 3.05) is 7.05 Å². The van der Waals surface area contributed by atoms with E-state index < -0.39 is 0 Å². The first kappa shape index (κ1) is 18.0. The van der Waals surface area contributed by atoms with Crippen molar-refractivity contribution in [1.82, 2.24) is 9.88 Å². The summed E-state index contributed by atoms with van der Waals surface area (Å²) in [5.74, 6) is 0.123. The zero-order chi connectivity index (χ0) is 18.0. The van der Waals surface area contributed by atoms with Gasteiger partial charge in [-0.05, 0) is 45.0 Å². The number of aryl methyl sites for hydroxylation is 1. The molecule has 25 heavy (non-hydrogen) atoms. The lowest BCUT2D eigenvalue weighted by molar-refractivity contribution is -0.130. The number of fused-ring (bicyclic) bond motifs is 1. The highest BCUT2D eigenvalue weighted by molar-refractivity contribution is 8.00. The van der Waals surface area contributed by atoms with Crippen LogP contribution in [-0.2, 0) is 4.79 Å². The van der Waals surface area contributed by atoms with E-state index in [2.05, 4.69) is 42.2 Å². The van der Waals surface area contributed by atoms with Gasteiger partial charge in [-0.1, -0.05) is 29.8 Å². The summed E-state index contributed by atoms with van der Waals surface area (Å²) in [4.78, 5) is 20.4. The Labute approximate surface area is 157 Å². The van der Waals surface area contributed by atoms with Crippen LogP contribution in [0.2, 0.25) is 0 Å². The van der Waals surface area contributed by atoms with Crippen molar-refractivity contribution in [3.8, 4) is 0 Å². The van der Waals surface area contributed by atoms with Gasteiger partial charge in [0.15, 0.2) is 0 Å². The summed E-state index contributed by atoms with van der Waals surface area (Å²) in [5, 5.41) is 0.842. The maximum Gasteiger partial charge on any atom is 0.236 e. The number of amides is 1. The Bertz CT molecular complexity index is 840. The van der Waals surface area contributed by atoms with E-state index in [0.717, 1.165) is 20.1 Å². The number of nitrogens with zero attached hydrogens (tertiary/aromatic N) is 2. The standard InChI is InChI=1S/C20H22N2OS2/c1-13-9-11-16(12-10-13)24-15(3)20(23)22(4)14(2)19-21-17-7-5-6-8-18(17)25-19/h5-12,14-15H,1-4H3/t14-,15-/m1/s1. The smallest absolute Gasteiger partial charge is 0.236 e. The van der Waals surface area contributed by atoms with Crippen LogP contribution in [0.4, 0.5) is 0 Å². The van der Waals surface area contributed by atoms with E-state index in [-0.39, 0.29) is 17.2 Å². The Morgan fingerprint density at radius 1 is 1.12 bits per heavy atom. The summed E-state index contributed by atoms with van der Waals surface area (Å²) in [5.41, 5.74) is 2.22. The molecule has 3 aromatic rings. The lowest BCUT2D eigenvalue weighted by Gasteiger charge is -2.26. The van der Waals surface area contributed by atoms with Gasteiger partial charge in [-0.2, -0.15) is 0 Å². The molecule has 1 amide bonds. The van der Waals surface area contributed by atoms with Crippen LogP contribution in [0.1, 0.15) is 30.5 Å². The van der Waals surface area contributed by atoms with Gasteiger partial charge in [0.25, 0.3) is 0 Å². The number of hydrogen-bond donors (Lipinski definition) is 0. The molecule has 0 unspecified atom stereocenters. The molecule has 0 aliphatic carbocycles. The Morgan fingerprint density at radius 3 is 2.48 bits per heavy atom. The molecule has 3 nitrogen and oxygen atoms in total. The maximum absolute atomic E-state index is 12.8. The van der Waals surface area contributed by atoms with Crippen LogP contribution in [0.25, 0.3) is 10.2 Å². The fourth-order valence-corrected chi connectivity index (χ4v) is 4.61. The lowest BCUT2D eigenvalue weighted by atomic mass is 10.2. The summed E-state index contributed by atoms with van der Waals surface area (Å²) in [6, 6.07) is 16.4. The quantitative estimate of drug-likeness (QED) is 0.571. The van der Waals surface area contributed by atoms with Gasteiger partial charge in [-0.3, -0.25) is 4.79 Å². The molecule has 0 fully saturated rings. The molecule has 0 N–H and O–H groups in total. The van der Waals surface area contributed by atoms with Gasteiger partial charge in [-0.15, -0.1) is 23.1 Å². The van der Waals surface area contributed by atoms with E-state index >= 15 is 0 Å². The Balaban J connectivity index is 1.70. The van der Waals surface area contributed by atoms with Crippen molar-refractivity contribution in [2.24, 2.45) is 0 Å². The Morgan fingerprint density at radius 2 is 1.80 bits per heavy atom. The van der Waals surface area contributed by atoms with Crippen molar-refractivity contribution in [3.05, 3.63) is 59.1 Å². The highest BCUT2D eigenvalue weighted by atomic mass is 32.2. The zero-order valence-corrected chi connectivity index (χ0v) is 16.5. The molecule has 0 saturated carbocycles. The third kappa shape index (κ3) is 4.05. The molecule has 0 spiro atoms. The topological polar surface area (TPSA) is 33.2 Å². The van der Waals surface area contributed by atoms with Crippen LogP contribution in [0.15, 0.2) is 53.4 Å². The van der Waals surface area contributed by atoms with Crippen LogP contribution in [0.5, 0.6) is 0 Å². The molecular formula is C20H22N2OS2. The predicted octanol–water partition coefficient (Wildman–Crippen LogP) is 5.30. The largest absolute Gasteiger partial charge is 0.336 e. The van der Waals surface area contributed by atoms with Gasteiger partial charge in [-0.25, -0.2) is 4.98 Å². The van der Waals surface area contributed by atoms with E-state index in [1.165, 1.54) is 5.56 Å². The minimum Gasteiger partial charge on any atom is -0.336 e. The van der Waals surface area contributed by atoms with Crippen LogP contribution < -0.4 is 0 Å². The van der Waals surface area contributed by atoms with Crippen molar-refractivity contribution in [1.29, 1.82) is 0 Å². The molecule has 1 heterocycles. The summed E-state index contributed by atoms with van der Waals surface area (Å²) >= 11 is 3.25. The average molecular weight is 371 g/mol. The van der Waals surface area contributed by atoms with Crippen molar-refractivity contribution >= 4 is 39.2 Å². The Hall–Kier alpha value is -1.85. The molecule has 0 aliphatic rings. The second-order valence-electron chi connectivity index (χ2n) is 6.22. The molecule has 0 bridgehead atoms. The third-order valence-electron chi connectivity index (χ3n) is 4.28. The van der Waals surface area contributed by atoms with Gasteiger partial charge < -0.3 is 4.90 Å². The SMILES string of the molecule is Cc1ccc(S[C@H](C)C(=O)N(C)[C@H](C)c2nc3ccccc3s2)cc1. The fourth-order valence-electron chi connectivity index (χ4n) is 2.58. The van der Waals surface area contributed by atoms with E-state index in [1.807, 2.05) is 44.0 Å². The molecule has 0 radical (unpaired) electrons. The first-order valence-corrected chi connectivity index (χ1v) is 10.0. The number of aromatic nitrogens is 1. The zero-order valence-electron chi connectivity index (χ0n) is 14.9. The lowest BCUT2D eigenvalue weighted by Crippen LogP contribution is -2.35. The van der Waals surface area contributed by atoms with E-state index in [9.17, 15) is 4.79 Å². The van der Waals surface area contributed by atoms with Crippen molar-refractivity contribution < 1.29 is 4.79 Å². The van der Waals surface area contributed by atoms with E-state index in [1.54, 1.807) is 23.1 Å². The van der Waals surface area contributed by atoms with Gasteiger partial charge >= 0.3 is 0 Å². The van der Waals surface area contributed by atoms with Gasteiger partial charge in [0.2, 0.25) is 5.91 Å². The molecule has 130 valence electrons. The van der Waals surface area contributed by atoms with Crippen LogP contribution in [0, 0.1) is 6.92 Å². The number of thioether (sulfide) groups is 1. The number of carbonyl (C=O) groups excluding carboxylic acids is 1. The summed E-state index contributed by atoms with van der Waals surface area (Å²) in [7, 11) is 1.87. The number of hydrogen-bond acceptors (Lipinski definition) is 4. The average Bonchev–Trinajstić information content (AvgIpc) is 3.05. The van der Waals surface area contributed by atoms with Gasteiger partial charge in [0.05, 0.1) is 21.5 Å². The number of carbonyl (C=O) groups is 1. The molecule has 0 saturated heterocycles. The molecule has 5 heteroatoms. The molecule has 0 aliphatic heterocycles. The number of para-hydroxylation sites is 1. The van der Waals surface area contributed by atoms with E-state index in [0.29, 0.717) is 0 Å². The summed E-state index contributed by atoms with van der Waals surface area (Å²) in [6.07, 6.45) is 0. The normalized spacial score (nSPS) is 13.6. The molecule has 2 aromatic carbocycles. The van der Waals surface area contributed by atoms with Gasteiger partial charge in [0, 0.05) is 11.9 Å². The second-order valence-corrected chi connectivity index (χ2v) is 8.69. The minimum absolute atomic E-state index is 0.0361. The number of thiazole rings is 1. The molecular weight excluding hydrogens is 348 g/mol. The third-order valence-corrected chi connectivity index (χ3v) is 6.58. The summed E-state index contributed by atoms with van der Waals surface area (Å²) < 4.78 is 1.16. The Kier molecular flexibility index (Phi) is 5.45. The predicted molar refractivity (Wildman–Crippen MR) is 107 cm³/mol. The second kappa shape index (κ2) is 7.58. The first-order valence-electron chi connectivity index (χ1n) is 8.31. The van der Waals surface area contributed by atoms with Crippen molar-refractivity contribution in [2.45, 2.75) is 37.0 Å². The monoisotopic (exact) mass is 370 g/mol. The van der Waals surface area contributed by atoms with E-state index in [4.69, 9.17) is 0 Å². The van der Waals surface area contributed by atoms with Crippen LogP contribution >= 0.6 is 23.1 Å². The molecule has 3 rings (SSSR count). The van der Waals surface area contributed by atoms with Crippen LogP contribution in [-0.4, -0.2) is 28.1 Å². The minimum atomic E-state index is -0.135. The molecule has 2 atom stereocenters. The molecule has 1 aromatic heterocycles.